The molecule has 0 aromatic carbocycles. The molecule has 5 heteroatoms. The minimum Gasteiger partial charge on any atom is -0.476 e. The molecule has 0 saturated heterocycles. The standard InChI is InChI=1S/C7H9FN2O2/c1-4-3-10(5(2)8)9-6(4)7(11)12/h3,5H,1-2H3,(H,11,12). The third kappa shape index (κ3) is 1.44. The Morgan fingerprint density at radius 1 is 1.83 bits per heavy atom. The van der Waals surface area contributed by atoms with Crippen LogP contribution in [-0.2, 0) is 0 Å². The van der Waals surface area contributed by atoms with Crippen LogP contribution in [0.25, 0.3) is 0 Å². The maximum absolute atomic E-state index is 12.6. The van der Waals surface area contributed by atoms with Crippen LogP contribution in [0.2, 0.25) is 0 Å². The molecule has 0 aliphatic rings. The molecule has 4 nitrogen and oxygen atoms in total. The Morgan fingerprint density at radius 2 is 2.42 bits per heavy atom. The van der Waals surface area contributed by atoms with Gasteiger partial charge in [-0.15, -0.1) is 0 Å². The van der Waals surface area contributed by atoms with E-state index in [2.05, 4.69) is 5.10 Å². The van der Waals surface area contributed by atoms with Crippen LogP contribution in [0.3, 0.4) is 0 Å². The van der Waals surface area contributed by atoms with E-state index in [4.69, 9.17) is 5.11 Å². The lowest BCUT2D eigenvalue weighted by molar-refractivity contribution is 0.0687. The summed E-state index contributed by atoms with van der Waals surface area (Å²) in [5.41, 5.74) is 0.367. The minimum atomic E-state index is -1.29. The summed E-state index contributed by atoms with van der Waals surface area (Å²) in [6.07, 6.45) is 0.0745. The minimum absolute atomic E-state index is 0.0977. The Labute approximate surface area is 68.6 Å². The zero-order valence-corrected chi connectivity index (χ0v) is 6.78. The first kappa shape index (κ1) is 8.70. The zero-order valence-electron chi connectivity index (χ0n) is 6.78. The van der Waals surface area contributed by atoms with Gasteiger partial charge >= 0.3 is 5.97 Å². The number of carbonyl (C=O) groups is 1. The second-order valence-corrected chi connectivity index (χ2v) is 2.52. The molecule has 1 N–H and O–H groups in total. The first-order valence-electron chi connectivity index (χ1n) is 3.45. The number of hydrogen-bond donors (Lipinski definition) is 1. The van der Waals surface area contributed by atoms with Gasteiger partial charge in [0.2, 0.25) is 0 Å². The van der Waals surface area contributed by atoms with Crippen molar-refractivity contribution in [3.63, 3.8) is 0 Å². The van der Waals surface area contributed by atoms with Crippen molar-refractivity contribution in [2.75, 3.05) is 0 Å². The molecule has 1 aromatic heterocycles. The number of hydrogen-bond acceptors (Lipinski definition) is 2. The maximum Gasteiger partial charge on any atom is 0.356 e. The van der Waals surface area contributed by atoms with Gasteiger partial charge in [0.25, 0.3) is 0 Å². The van der Waals surface area contributed by atoms with E-state index in [9.17, 15) is 9.18 Å². The molecule has 1 aromatic rings. The highest BCUT2D eigenvalue weighted by Crippen LogP contribution is 2.10. The van der Waals surface area contributed by atoms with Crippen LogP contribution in [0.15, 0.2) is 6.20 Å². The molecule has 0 aliphatic carbocycles. The van der Waals surface area contributed by atoms with Crippen LogP contribution in [0.1, 0.15) is 29.3 Å². The van der Waals surface area contributed by atoms with Crippen LogP contribution >= 0.6 is 0 Å². The summed E-state index contributed by atoms with van der Waals surface area (Å²) in [7, 11) is 0. The summed E-state index contributed by atoms with van der Waals surface area (Å²) in [6, 6.07) is 0. The van der Waals surface area contributed by atoms with Crippen LogP contribution < -0.4 is 0 Å². The monoisotopic (exact) mass is 172 g/mol. The van der Waals surface area contributed by atoms with Crippen molar-refractivity contribution in [3.8, 4) is 0 Å². The van der Waals surface area contributed by atoms with Crippen LogP contribution in [0.5, 0.6) is 0 Å². The Morgan fingerprint density at radius 3 is 2.67 bits per heavy atom. The number of nitrogens with zero attached hydrogens (tertiary/aromatic N) is 2. The fraction of sp³-hybridized carbons (Fsp3) is 0.429. The maximum atomic E-state index is 12.6. The summed E-state index contributed by atoms with van der Waals surface area (Å²) in [6.45, 7) is 2.87. The van der Waals surface area contributed by atoms with Gasteiger partial charge in [-0.05, 0) is 13.8 Å². The van der Waals surface area contributed by atoms with Gasteiger partial charge in [0.05, 0.1) is 0 Å². The average Bonchev–Trinajstić information content (AvgIpc) is 2.30. The van der Waals surface area contributed by atoms with Crippen molar-refractivity contribution in [2.45, 2.75) is 20.1 Å². The predicted octanol–water partition coefficient (Wildman–Crippen LogP) is 1.38. The molecule has 1 unspecified atom stereocenters. The number of aromatic carboxylic acids is 1. The number of alkyl halides is 1. The molecule has 66 valence electrons. The number of aromatic nitrogens is 2. The molecular formula is C7H9FN2O2. The summed E-state index contributed by atoms with van der Waals surface area (Å²) in [4.78, 5) is 10.5. The second kappa shape index (κ2) is 2.92. The van der Waals surface area contributed by atoms with Gasteiger partial charge in [-0.3, -0.25) is 0 Å². The predicted molar refractivity (Wildman–Crippen MR) is 39.7 cm³/mol. The lowest BCUT2D eigenvalue weighted by Gasteiger charge is -1.98. The lowest BCUT2D eigenvalue weighted by Crippen LogP contribution is -2.03. The van der Waals surface area contributed by atoms with E-state index >= 15 is 0 Å². The highest BCUT2D eigenvalue weighted by atomic mass is 19.1. The van der Waals surface area contributed by atoms with E-state index < -0.39 is 12.3 Å². The van der Waals surface area contributed by atoms with Crippen LogP contribution in [-0.4, -0.2) is 20.9 Å². The number of rotatable bonds is 2. The molecule has 0 spiro atoms. The molecule has 0 fully saturated rings. The highest BCUT2D eigenvalue weighted by molar-refractivity contribution is 5.86. The van der Waals surface area contributed by atoms with E-state index in [1.54, 1.807) is 6.92 Å². The fourth-order valence-corrected chi connectivity index (χ4v) is 0.876. The molecule has 0 saturated carbocycles. The molecule has 12 heavy (non-hydrogen) atoms. The third-order valence-electron chi connectivity index (χ3n) is 1.48. The van der Waals surface area contributed by atoms with Crippen molar-refractivity contribution in [3.05, 3.63) is 17.5 Å². The Balaban J connectivity index is 3.09. The van der Waals surface area contributed by atoms with Gasteiger partial charge in [-0.1, -0.05) is 0 Å². The lowest BCUT2D eigenvalue weighted by atomic mass is 10.3. The SMILES string of the molecule is Cc1cn(C(C)F)nc1C(=O)O. The van der Waals surface area contributed by atoms with E-state index in [1.165, 1.54) is 13.1 Å². The average molecular weight is 172 g/mol. The van der Waals surface area contributed by atoms with Gasteiger partial charge in [0.1, 0.15) is 0 Å². The van der Waals surface area contributed by atoms with E-state index in [-0.39, 0.29) is 5.69 Å². The van der Waals surface area contributed by atoms with Gasteiger partial charge in [0.15, 0.2) is 12.0 Å². The molecule has 0 aliphatic heterocycles. The molecule has 1 heterocycles. The first-order chi connectivity index (χ1) is 5.52. The fourth-order valence-electron chi connectivity index (χ4n) is 0.876. The highest BCUT2D eigenvalue weighted by Gasteiger charge is 2.14. The summed E-state index contributed by atoms with van der Waals surface area (Å²) in [5, 5.41) is 12.1. The largest absolute Gasteiger partial charge is 0.476 e. The van der Waals surface area contributed by atoms with Gasteiger partial charge in [-0.2, -0.15) is 5.10 Å². The van der Waals surface area contributed by atoms with E-state index in [0.29, 0.717) is 5.56 Å². The van der Waals surface area contributed by atoms with Gasteiger partial charge < -0.3 is 5.11 Å². The smallest absolute Gasteiger partial charge is 0.356 e. The normalized spacial score (nSPS) is 12.9. The van der Waals surface area contributed by atoms with Crippen molar-refractivity contribution in [2.24, 2.45) is 0 Å². The number of carboxylic acid groups (broad SMARTS) is 1. The van der Waals surface area contributed by atoms with Crippen molar-refractivity contribution >= 4 is 5.97 Å². The Kier molecular flexibility index (Phi) is 2.12. The van der Waals surface area contributed by atoms with Crippen molar-refractivity contribution < 1.29 is 14.3 Å². The quantitative estimate of drug-likeness (QED) is 0.733. The summed E-state index contributed by atoms with van der Waals surface area (Å²) in [5.74, 6) is -1.13. The van der Waals surface area contributed by atoms with Gasteiger partial charge in [-0.25, -0.2) is 13.9 Å². The van der Waals surface area contributed by atoms with Crippen molar-refractivity contribution in [1.82, 2.24) is 9.78 Å². The molecule has 0 bridgehead atoms. The van der Waals surface area contributed by atoms with Crippen LogP contribution in [0, 0.1) is 6.92 Å². The topological polar surface area (TPSA) is 55.1 Å². The van der Waals surface area contributed by atoms with Crippen LogP contribution in [0.4, 0.5) is 4.39 Å². The Bertz CT molecular complexity index is 306. The molecule has 0 amide bonds. The molecule has 0 radical (unpaired) electrons. The summed E-state index contributed by atoms with van der Waals surface area (Å²) >= 11 is 0. The molecule has 1 atom stereocenters. The second-order valence-electron chi connectivity index (χ2n) is 2.52. The number of carboxylic acids is 1. The third-order valence-corrected chi connectivity index (χ3v) is 1.48. The number of aryl methyl sites for hydroxylation is 1. The van der Waals surface area contributed by atoms with Crippen molar-refractivity contribution in [1.29, 1.82) is 0 Å². The molecular weight excluding hydrogens is 163 g/mol. The number of halogens is 1. The zero-order chi connectivity index (χ0) is 9.30. The van der Waals surface area contributed by atoms with E-state index in [0.717, 1.165) is 4.68 Å². The van der Waals surface area contributed by atoms with Gasteiger partial charge in [0, 0.05) is 11.8 Å². The summed E-state index contributed by atoms with van der Waals surface area (Å²) < 4.78 is 13.6. The Hall–Kier alpha value is -1.39. The van der Waals surface area contributed by atoms with E-state index in [1.807, 2.05) is 0 Å². The first-order valence-corrected chi connectivity index (χ1v) is 3.45. The molecule has 1 rings (SSSR count).